The summed E-state index contributed by atoms with van der Waals surface area (Å²) in [5, 5.41) is 2.64. The molecule has 2 aromatic carbocycles. The maximum Gasteiger partial charge on any atom is 0.326 e. The second-order valence-electron chi connectivity index (χ2n) is 6.23. The molecule has 1 aliphatic rings. The van der Waals surface area contributed by atoms with Crippen molar-refractivity contribution in [1.29, 1.82) is 0 Å². The summed E-state index contributed by atoms with van der Waals surface area (Å²) < 4.78 is 5.07. The Morgan fingerprint density at radius 2 is 1.56 bits per heavy atom. The molecule has 0 radical (unpaired) electrons. The fourth-order valence-corrected chi connectivity index (χ4v) is 2.68. The molecule has 3 amide bonds. The molecule has 138 valence electrons. The summed E-state index contributed by atoms with van der Waals surface area (Å²) in [6, 6.07) is 13.5. The second-order valence-corrected chi connectivity index (χ2v) is 6.23. The summed E-state index contributed by atoms with van der Waals surface area (Å²) in [5.74, 6) is -2.45. The molecule has 3 rings (SSSR count). The topological polar surface area (TPSA) is 92.8 Å². The van der Waals surface area contributed by atoms with Crippen LogP contribution < -0.4 is 5.32 Å². The number of nitrogens with one attached hydrogen (secondary N) is 1. The number of esters is 1. The molecule has 0 saturated carbocycles. The normalized spacial score (nSPS) is 13.9. The van der Waals surface area contributed by atoms with E-state index in [0.29, 0.717) is 5.69 Å². The number of amides is 3. The van der Waals surface area contributed by atoms with E-state index in [4.69, 9.17) is 4.74 Å². The summed E-state index contributed by atoms with van der Waals surface area (Å²) in [5.41, 5.74) is 2.13. The summed E-state index contributed by atoms with van der Waals surface area (Å²) in [6.45, 7) is 2.80. The van der Waals surface area contributed by atoms with Gasteiger partial charge in [-0.1, -0.05) is 29.8 Å². The number of fused-ring (bicyclic) bond motifs is 1. The molecule has 1 atom stereocenters. The molecule has 27 heavy (non-hydrogen) atoms. The molecule has 7 heteroatoms. The first-order chi connectivity index (χ1) is 12.9. The largest absolute Gasteiger partial charge is 0.451 e. The third-order valence-corrected chi connectivity index (χ3v) is 4.16. The van der Waals surface area contributed by atoms with Gasteiger partial charge in [-0.05, 0) is 38.1 Å². The van der Waals surface area contributed by atoms with Crippen molar-refractivity contribution in [3.05, 3.63) is 65.2 Å². The van der Waals surface area contributed by atoms with Crippen LogP contribution in [0.3, 0.4) is 0 Å². The van der Waals surface area contributed by atoms with Crippen LogP contribution in [-0.4, -0.2) is 41.2 Å². The molecule has 0 bridgehead atoms. The summed E-state index contributed by atoms with van der Waals surface area (Å²) in [4.78, 5) is 49.6. The zero-order valence-corrected chi connectivity index (χ0v) is 14.9. The van der Waals surface area contributed by atoms with Gasteiger partial charge in [-0.3, -0.25) is 24.1 Å². The van der Waals surface area contributed by atoms with Crippen LogP contribution in [-0.2, 0) is 14.3 Å². The van der Waals surface area contributed by atoms with Crippen molar-refractivity contribution in [2.45, 2.75) is 20.0 Å². The lowest BCUT2D eigenvalue weighted by Crippen LogP contribution is -2.38. The van der Waals surface area contributed by atoms with E-state index in [1.807, 2.05) is 19.1 Å². The Balaban J connectivity index is 1.57. The maximum absolute atomic E-state index is 12.2. The molecule has 1 N–H and O–H groups in total. The molecule has 7 nitrogen and oxygen atoms in total. The highest BCUT2D eigenvalue weighted by atomic mass is 16.5. The van der Waals surface area contributed by atoms with E-state index in [2.05, 4.69) is 5.32 Å². The average Bonchev–Trinajstić information content (AvgIpc) is 2.89. The summed E-state index contributed by atoms with van der Waals surface area (Å²) in [6.07, 6.45) is -1.08. The van der Waals surface area contributed by atoms with Crippen LogP contribution in [0.25, 0.3) is 0 Å². The van der Waals surface area contributed by atoms with Crippen molar-refractivity contribution in [3.63, 3.8) is 0 Å². The van der Waals surface area contributed by atoms with Crippen molar-refractivity contribution in [3.8, 4) is 0 Å². The first-order valence-corrected chi connectivity index (χ1v) is 8.39. The highest BCUT2D eigenvalue weighted by Crippen LogP contribution is 2.22. The SMILES string of the molecule is Cc1ccc(NC(=O)[C@@H](C)OC(=O)CN2C(=O)c3ccccc3C2=O)cc1. The van der Waals surface area contributed by atoms with E-state index >= 15 is 0 Å². The fraction of sp³-hybridized carbons (Fsp3) is 0.200. The Hall–Kier alpha value is -3.48. The summed E-state index contributed by atoms with van der Waals surface area (Å²) >= 11 is 0. The average molecular weight is 366 g/mol. The summed E-state index contributed by atoms with van der Waals surface area (Å²) in [7, 11) is 0. The predicted molar refractivity (Wildman–Crippen MR) is 97.2 cm³/mol. The smallest absolute Gasteiger partial charge is 0.326 e. The van der Waals surface area contributed by atoms with Gasteiger partial charge in [0.1, 0.15) is 6.54 Å². The molecule has 0 fully saturated rings. The van der Waals surface area contributed by atoms with E-state index in [-0.39, 0.29) is 11.1 Å². The van der Waals surface area contributed by atoms with Gasteiger partial charge in [0, 0.05) is 5.69 Å². The Morgan fingerprint density at radius 1 is 1.00 bits per heavy atom. The number of anilines is 1. The third kappa shape index (κ3) is 3.87. The van der Waals surface area contributed by atoms with Crippen molar-refractivity contribution in [2.24, 2.45) is 0 Å². The molecular weight excluding hydrogens is 348 g/mol. The Morgan fingerprint density at radius 3 is 2.11 bits per heavy atom. The highest BCUT2D eigenvalue weighted by Gasteiger charge is 2.37. The molecule has 0 unspecified atom stereocenters. The van der Waals surface area contributed by atoms with E-state index < -0.39 is 36.3 Å². The molecular formula is C20H18N2O5. The van der Waals surface area contributed by atoms with E-state index in [9.17, 15) is 19.2 Å². The fourth-order valence-electron chi connectivity index (χ4n) is 2.68. The third-order valence-electron chi connectivity index (χ3n) is 4.16. The van der Waals surface area contributed by atoms with Crippen molar-refractivity contribution in [2.75, 3.05) is 11.9 Å². The maximum atomic E-state index is 12.2. The van der Waals surface area contributed by atoms with Crippen molar-refractivity contribution < 1.29 is 23.9 Å². The molecule has 0 aliphatic carbocycles. The number of hydrogen-bond acceptors (Lipinski definition) is 5. The van der Waals surface area contributed by atoms with Crippen LogP contribution in [0.2, 0.25) is 0 Å². The Labute approximate surface area is 155 Å². The minimum absolute atomic E-state index is 0.250. The standard InChI is InChI=1S/C20H18N2O5/c1-12-7-9-14(10-8-12)21-18(24)13(2)27-17(23)11-22-19(25)15-5-3-4-6-16(15)20(22)26/h3-10,13H,11H2,1-2H3,(H,21,24)/t13-/m1/s1. The number of carbonyl (C=O) groups is 4. The monoisotopic (exact) mass is 366 g/mol. The lowest BCUT2D eigenvalue weighted by molar-refractivity contribution is -0.153. The van der Waals surface area contributed by atoms with Crippen LogP contribution >= 0.6 is 0 Å². The zero-order chi connectivity index (χ0) is 19.6. The number of benzene rings is 2. The molecule has 0 saturated heterocycles. The van der Waals surface area contributed by atoms with Gasteiger partial charge in [-0.15, -0.1) is 0 Å². The van der Waals surface area contributed by atoms with Crippen LogP contribution in [0.5, 0.6) is 0 Å². The zero-order valence-electron chi connectivity index (χ0n) is 14.9. The number of aryl methyl sites for hydroxylation is 1. The van der Waals surface area contributed by atoms with Gasteiger partial charge in [0.05, 0.1) is 11.1 Å². The quantitative estimate of drug-likeness (QED) is 0.647. The first kappa shape index (κ1) is 18.3. The van der Waals surface area contributed by atoms with Gasteiger partial charge in [0.25, 0.3) is 17.7 Å². The van der Waals surface area contributed by atoms with Gasteiger partial charge in [-0.25, -0.2) is 0 Å². The molecule has 1 aliphatic heterocycles. The van der Waals surface area contributed by atoms with E-state index in [0.717, 1.165) is 10.5 Å². The number of nitrogens with zero attached hydrogens (tertiary/aromatic N) is 1. The predicted octanol–water partition coefficient (Wildman–Crippen LogP) is 2.16. The van der Waals surface area contributed by atoms with Crippen LogP contribution in [0.1, 0.15) is 33.2 Å². The number of hydrogen-bond donors (Lipinski definition) is 1. The minimum Gasteiger partial charge on any atom is -0.451 e. The number of imide groups is 1. The molecule has 0 spiro atoms. The van der Waals surface area contributed by atoms with Crippen LogP contribution in [0, 0.1) is 6.92 Å². The van der Waals surface area contributed by atoms with Crippen LogP contribution in [0.15, 0.2) is 48.5 Å². The second kappa shape index (κ2) is 7.41. The lowest BCUT2D eigenvalue weighted by Gasteiger charge is -2.16. The van der Waals surface area contributed by atoms with Crippen molar-refractivity contribution in [1.82, 2.24) is 4.90 Å². The number of rotatable bonds is 5. The highest BCUT2D eigenvalue weighted by molar-refractivity contribution is 6.22. The van der Waals surface area contributed by atoms with Gasteiger partial charge in [-0.2, -0.15) is 0 Å². The Bertz CT molecular complexity index is 885. The number of carbonyl (C=O) groups excluding carboxylic acids is 4. The first-order valence-electron chi connectivity index (χ1n) is 8.39. The van der Waals surface area contributed by atoms with Gasteiger partial charge in [0.2, 0.25) is 0 Å². The van der Waals surface area contributed by atoms with Gasteiger partial charge in [0.15, 0.2) is 6.10 Å². The lowest BCUT2D eigenvalue weighted by atomic mass is 10.1. The van der Waals surface area contributed by atoms with Crippen LogP contribution in [0.4, 0.5) is 5.69 Å². The van der Waals surface area contributed by atoms with E-state index in [1.165, 1.54) is 19.1 Å². The molecule has 2 aromatic rings. The Kier molecular flexibility index (Phi) is 5.03. The van der Waals surface area contributed by atoms with Gasteiger partial charge < -0.3 is 10.1 Å². The van der Waals surface area contributed by atoms with E-state index in [1.54, 1.807) is 24.3 Å². The molecule has 0 aromatic heterocycles. The van der Waals surface area contributed by atoms with Gasteiger partial charge >= 0.3 is 5.97 Å². The minimum atomic E-state index is -1.08. The molecule has 1 heterocycles. The van der Waals surface area contributed by atoms with Crippen molar-refractivity contribution >= 4 is 29.4 Å². The number of ether oxygens (including phenoxy) is 1.